The monoisotopic (exact) mass is 886 g/mol. The van der Waals surface area contributed by atoms with Gasteiger partial charge in [0.2, 0.25) is 0 Å². The average molecular weight is 886 g/mol. The van der Waals surface area contributed by atoms with Crippen LogP contribution in [0.4, 0.5) is 10.5 Å². The van der Waals surface area contributed by atoms with Crippen LogP contribution in [0.2, 0.25) is 0 Å². The summed E-state index contributed by atoms with van der Waals surface area (Å²) in [6.45, 7) is 11.0. The fourth-order valence-corrected chi connectivity index (χ4v) is 7.12. The van der Waals surface area contributed by atoms with E-state index in [9.17, 15) is 14.4 Å². The van der Waals surface area contributed by atoms with Crippen LogP contribution in [0.5, 0.6) is 5.75 Å². The van der Waals surface area contributed by atoms with Gasteiger partial charge >= 0.3 is 12.1 Å². The van der Waals surface area contributed by atoms with E-state index >= 15 is 0 Å². The first-order valence-corrected chi connectivity index (χ1v) is 22.5. The van der Waals surface area contributed by atoms with Gasteiger partial charge in [0.1, 0.15) is 16.9 Å². The van der Waals surface area contributed by atoms with Crippen molar-refractivity contribution in [2.75, 3.05) is 71.8 Å². The molecule has 3 N–H and O–H groups in total. The fourth-order valence-electron chi connectivity index (χ4n) is 7.12. The van der Waals surface area contributed by atoms with E-state index in [-0.39, 0.29) is 18.0 Å². The summed E-state index contributed by atoms with van der Waals surface area (Å²) in [4.78, 5) is 46.8. The summed E-state index contributed by atoms with van der Waals surface area (Å²) in [5.41, 5.74) is 1.73. The Morgan fingerprint density at radius 1 is 0.766 bits per heavy atom. The Labute approximate surface area is 377 Å². The zero-order valence-electron chi connectivity index (χ0n) is 38.0. The minimum Gasteiger partial charge on any atom is -0.494 e. The number of benzene rings is 2. The number of rotatable bonds is 27. The maximum Gasteiger partial charge on any atom is 0.410 e. The van der Waals surface area contributed by atoms with Crippen LogP contribution in [0.15, 0.2) is 73.1 Å². The minimum absolute atomic E-state index is 0.164. The molecule has 1 saturated heterocycles. The first kappa shape index (κ1) is 49.4. The Bertz CT molecular complexity index is 2000. The van der Waals surface area contributed by atoms with Crippen molar-refractivity contribution in [3.8, 4) is 17.1 Å². The molecule has 0 aliphatic carbocycles. The second kappa shape index (κ2) is 26.3. The summed E-state index contributed by atoms with van der Waals surface area (Å²) in [6.07, 6.45) is 11.3. The first-order valence-electron chi connectivity index (χ1n) is 22.5. The van der Waals surface area contributed by atoms with E-state index in [4.69, 9.17) is 23.7 Å². The van der Waals surface area contributed by atoms with Crippen LogP contribution < -0.4 is 15.4 Å². The molecule has 1 fully saturated rings. The Balaban J connectivity index is 0.994. The highest BCUT2D eigenvalue weighted by Gasteiger charge is 2.41. The lowest BCUT2D eigenvalue weighted by Gasteiger charge is -2.41. The van der Waals surface area contributed by atoms with Gasteiger partial charge in [-0.2, -0.15) is 0 Å². The number of piperidine rings is 1. The molecule has 16 nitrogen and oxygen atoms in total. The number of nitrogens with one attached hydrogen (secondary N) is 3. The number of aromatic amines is 1. The van der Waals surface area contributed by atoms with Gasteiger partial charge in [-0.25, -0.2) is 4.79 Å². The second-order valence-corrected chi connectivity index (χ2v) is 16.8. The topological polar surface area (TPSA) is 188 Å². The van der Waals surface area contributed by atoms with Gasteiger partial charge in [0.15, 0.2) is 11.6 Å². The molecule has 64 heavy (non-hydrogen) atoms. The van der Waals surface area contributed by atoms with E-state index in [2.05, 4.69) is 35.5 Å². The van der Waals surface area contributed by atoms with Gasteiger partial charge in [-0.15, -0.1) is 10.2 Å². The largest absolute Gasteiger partial charge is 0.494 e. The van der Waals surface area contributed by atoms with Crippen LogP contribution in [0.25, 0.3) is 11.4 Å². The van der Waals surface area contributed by atoms with Crippen LogP contribution in [0.1, 0.15) is 107 Å². The molecular weight excluding hydrogens is 819 g/mol. The molecule has 3 heterocycles. The predicted octanol–water partition coefficient (Wildman–Crippen LogP) is 7.86. The lowest BCUT2D eigenvalue weighted by Crippen LogP contribution is -2.50. The van der Waals surface area contributed by atoms with Crippen molar-refractivity contribution in [3.05, 3.63) is 90.0 Å². The molecule has 2 aromatic heterocycles. The molecule has 0 spiro atoms. The normalized spacial score (nSPS) is 13.6. The Morgan fingerprint density at radius 2 is 1.42 bits per heavy atom. The highest BCUT2D eigenvalue weighted by atomic mass is 16.6. The summed E-state index contributed by atoms with van der Waals surface area (Å²) < 4.78 is 33.2. The van der Waals surface area contributed by atoms with Crippen LogP contribution >= 0.6 is 0 Å². The quantitative estimate of drug-likeness (QED) is 0.0388. The van der Waals surface area contributed by atoms with Crippen LogP contribution in [0.3, 0.4) is 0 Å². The van der Waals surface area contributed by atoms with E-state index in [1.807, 2.05) is 75.4 Å². The number of esters is 1. The van der Waals surface area contributed by atoms with Crippen molar-refractivity contribution in [1.29, 1.82) is 0 Å². The molecule has 16 heteroatoms. The van der Waals surface area contributed by atoms with Gasteiger partial charge in [0.05, 0.1) is 40.1 Å². The number of amides is 2. The molecule has 348 valence electrons. The Hall–Kier alpha value is -5.58. The molecule has 4 aromatic rings. The fraction of sp³-hybridized carbons (Fsp3) is 0.542. The average Bonchev–Trinajstić information content (AvgIpc) is 3.81. The van der Waals surface area contributed by atoms with Crippen molar-refractivity contribution in [2.24, 2.45) is 0 Å². The number of hydrogen-bond donors (Lipinski definition) is 3. The molecule has 1 aliphatic heterocycles. The molecule has 0 unspecified atom stereocenters. The molecule has 5 rings (SSSR count). The number of hydrogen-bond acceptors (Lipinski definition) is 13. The number of nitrogens with zero attached hydrogens (tertiary/aromatic N) is 4. The predicted molar refractivity (Wildman–Crippen MR) is 243 cm³/mol. The number of methoxy groups -OCH3 is 1. The van der Waals surface area contributed by atoms with Gasteiger partial charge in [0, 0.05) is 68.5 Å². The van der Waals surface area contributed by atoms with E-state index < -0.39 is 11.1 Å². The number of H-pyrrole nitrogens is 1. The summed E-state index contributed by atoms with van der Waals surface area (Å²) in [7, 11) is 1.41. The molecular formula is C48H67N7O9. The van der Waals surface area contributed by atoms with Gasteiger partial charge in [-0.3, -0.25) is 14.6 Å². The van der Waals surface area contributed by atoms with Crippen molar-refractivity contribution >= 4 is 23.7 Å². The summed E-state index contributed by atoms with van der Waals surface area (Å²) in [5, 5.41) is 15.8. The van der Waals surface area contributed by atoms with Gasteiger partial charge < -0.3 is 48.9 Å². The summed E-state index contributed by atoms with van der Waals surface area (Å²) in [5.74, 6) is 1.65. The molecule has 0 radical (unpaired) electrons. The smallest absolute Gasteiger partial charge is 0.410 e. The molecule has 0 saturated carbocycles. The van der Waals surface area contributed by atoms with E-state index in [0.29, 0.717) is 102 Å². The number of anilines is 1. The molecule has 0 atom stereocenters. The lowest BCUT2D eigenvalue weighted by molar-refractivity contribution is -0.140. The third-order valence-corrected chi connectivity index (χ3v) is 10.6. The SMILES string of the molecule is COC(=O)CCCCCOCCOCCOCCCCCCOc1cccc(CNC(=O)c2cccc(NC3(c4nnc(-c5ccncc5)[nH]4)CCN(C(=O)OC(C)(C)C)CC3)c2)c1. The van der Waals surface area contributed by atoms with Crippen molar-refractivity contribution in [2.45, 2.75) is 103 Å². The second-order valence-electron chi connectivity index (χ2n) is 16.8. The Kier molecular flexibility index (Phi) is 20.3. The highest BCUT2D eigenvalue weighted by Crippen LogP contribution is 2.36. The summed E-state index contributed by atoms with van der Waals surface area (Å²) in [6, 6.07) is 18.9. The van der Waals surface area contributed by atoms with Gasteiger partial charge in [-0.1, -0.05) is 31.0 Å². The van der Waals surface area contributed by atoms with Crippen molar-refractivity contribution < 1.29 is 42.8 Å². The first-order chi connectivity index (χ1) is 31.0. The van der Waals surface area contributed by atoms with Crippen molar-refractivity contribution in [3.63, 3.8) is 0 Å². The number of carbonyl (C=O) groups is 3. The maximum absolute atomic E-state index is 13.5. The molecule has 2 aromatic carbocycles. The number of pyridine rings is 1. The van der Waals surface area contributed by atoms with Crippen molar-refractivity contribution in [1.82, 2.24) is 30.4 Å². The Morgan fingerprint density at radius 3 is 2.11 bits per heavy atom. The lowest BCUT2D eigenvalue weighted by atomic mass is 9.86. The van der Waals surface area contributed by atoms with Gasteiger partial charge in [0.25, 0.3) is 5.91 Å². The third-order valence-electron chi connectivity index (χ3n) is 10.6. The number of unbranched alkanes of at least 4 members (excludes halogenated alkanes) is 5. The zero-order chi connectivity index (χ0) is 45.5. The van der Waals surface area contributed by atoms with E-state index in [1.54, 1.807) is 23.4 Å². The molecule has 0 bridgehead atoms. The van der Waals surface area contributed by atoms with E-state index in [0.717, 1.165) is 67.5 Å². The number of carbonyl (C=O) groups excluding carboxylic acids is 3. The summed E-state index contributed by atoms with van der Waals surface area (Å²) >= 11 is 0. The van der Waals surface area contributed by atoms with Crippen LogP contribution in [-0.4, -0.2) is 115 Å². The maximum atomic E-state index is 13.5. The van der Waals surface area contributed by atoms with Gasteiger partial charge in [-0.05, 0) is 114 Å². The highest BCUT2D eigenvalue weighted by molar-refractivity contribution is 5.95. The standard InChI is InChI=1S/C48H67N7O9/c1-47(2,3)64-46(58)55-25-21-48(22-26-55,45-51-43(53-54-45)38-19-23-49-24-20-38)52-40-16-13-15-39(35-40)44(57)50-36-37-14-12-17-41(34-37)63-29-11-6-5-9-27-60-30-32-62-33-31-61-28-10-7-8-18-42(56)59-4/h12-17,19-20,23-24,34-35,52H,5-11,18,21-22,25-33,36H2,1-4H3,(H,50,57)(H,51,53,54). The minimum atomic E-state index is -0.703. The number of ether oxygens (including phenoxy) is 6. The molecule has 2 amide bonds. The number of aromatic nitrogens is 4. The van der Waals surface area contributed by atoms with Crippen LogP contribution in [0, 0.1) is 0 Å². The van der Waals surface area contributed by atoms with Crippen LogP contribution in [-0.2, 0) is 40.6 Å². The van der Waals surface area contributed by atoms with E-state index in [1.165, 1.54) is 7.11 Å². The number of likely N-dealkylation sites (tertiary alicyclic amines) is 1. The third kappa shape index (κ3) is 17.2. The zero-order valence-corrected chi connectivity index (χ0v) is 38.0. The molecule has 1 aliphatic rings.